The Morgan fingerprint density at radius 3 is 2.40 bits per heavy atom. The fraction of sp³-hybridized carbons (Fsp3) is 0. The number of nitrogens with zero attached hydrogens (tertiary/aromatic N) is 1. The Morgan fingerprint density at radius 2 is 1.53 bits per heavy atom. The Labute approximate surface area is 85.9 Å². The molecule has 3 aromatic carbocycles. The highest BCUT2D eigenvalue weighted by atomic mass is 14.8. The molecular weight excluding hydrogens is 184 g/mol. The second-order valence-electron chi connectivity index (χ2n) is 3.86. The maximum Gasteiger partial charge on any atom is 0.0930 e. The van der Waals surface area contributed by atoms with Gasteiger partial charge in [-0.3, -0.25) is 0 Å². The normalized spacial score (nSPS) is 12.0. The van der Waals surface area contributed by atoms with Crippen LogP contribution in [0, 0.1) is 0 Å². The van der Waals surface area contributed by atoms with Crippen LogP contribution in [0.15, 0.2) is 42.7 Å². The third kappa shape index (κ3) is 0.773. The molecule has 2 heteroatoms. The molecule has 0 amide bonds. The Bertz CT molecular complexity index is 707. The average Bonchev–Trinajstić information content (AvgIpc) is 2.71. The van der Waals surface area contributed by atoms with Crippen molar-refractivity contribution in [1.29, 1.82) is 0 Å². The Balaban J connectivity index is 2.54. The molecule has 1 aromatic heterocycles. The summed E-state index contributed by atoms with van der Waals surface area (Å²) in [5.41, 5.74) is 2.22. The van der Waals surface area contributed by atoms with Gasteiger partial charge >= 0.3 is 0 Å². The van der Waals surface area contributed by atoms with Crippen molar-refractivity contribution >= 4 is 32.6 Å². The molecule has 4 rings (SSSR count). The van der Waals surface area contributed by atoms with E-state index in [4.69, 9.17) is 0 Å². The average molecular weight is 192 g/mol. The van der Waals surface area contributed by atoms with Crippen LogP contribution in [0.3, 0.4) is 0 Å². The maximum atomic E-state index is 4.36. The first kappa shape index (κ1) is 7.23. The molecule has 70 valence electrons. The Morgan fingerprint density at radius 1 is 0.800 bits per heavy atom. The van der Waals surface area contributed by atoms with Crippen LogP contribution in [0.2, 0.25) is 0 Å². The zero-order chi connectivity index (χ0) is 9.83. The summed E-state index contributed by atoms with van der Waals surface area (Å²) in [5.74, 6) is 0. The van der Waals surface area contributed by atoms with Crippen molar-refractivity contribution in [2.45, 2.75) is 0 Å². The topological polar surface area (TPSA) is 28.7 Å². The smallest absolute Gasteiger partial charge is 0.0930 e. The van der Waals surface area contributed by atoms with Gasteiger partial charge in [-0.1, -0.05) is 24.3 Å². The fourth-order valence-electron chi connectivity index (χ4n) is 2.39. The van der Waals surface area contributed by atoms with Crippen LogP contribution in [-0.4, -0.2) is 9.97 Å². The summed E-state index contributed by atoms with van der Waals surface area (Å²) in [4.78, 5) is 7.55. The molecule has 0 aliphatic rings. The summed E-state index contributed by atoms with van der Waals surface area (Å²) in [6.45, 7) is 0. The molecule has 0 aliphatic carbocycles. The van der Waals surface area contributed by atoms with E-state index in [1.807, 2.05) is 0 Å². The van der Waals surface area contributed by atoms with Crippen molar-refractivity contribution in [2.24, 2.45) is 0 Å². The minimum Gasteiger partial charge on any atom is -0.346 e. The fourth-order valence-corrected chi connectivity index (χ4v) is 2.39. The van der Waals surface area contributed by atoms with Gasteiger partial charge in [0.05, 0.1) is 11.8 Å². The van der Waals surface area contributed by atoms with Crippen LogP contribution >= 0.6 is 0 Å². The molecule has 0 unspecified atom stereocenters. The monoisotopic (exact) mass is 192 g/mol. The van der Waals surface area contributed by atoms with Gasteiger partial charge in [-0.25, -0.2) is 4.98 Å². The lowest BCUT2D eigenvalue weighted by Gasteiger charge is -2.04. The molecule has 1 N–H and O–H groups in total. The van der Waals surface area contributed by atoms with Crippen molar-refractivity contribution in [3.05, 3.63) is 42.7 Å². The lowest BCUT2D eigenvalue weighted by molar-refractivity contribution is 1.26. The van der Waals surface area contributed by atoms with Crippen molar-refractivity contribution in [2.75, 3.05) is 0 Å². The van der Waals surface area contributed by atoms with Gasteiger partial charge in [0.2, 0.25) is 0 Å². The summed E-state index contributed by atoms with van der Waals surface area (Å²) in [6.07, 6.45) is 1.75. The lowest BCUT2D eigenvalue weighted by atomic mass is 10.0. The summed E-state index contributed by atoms with van der Waals surface area (Å²) in [6, 6.07) is 12.8. The number of nitrogens with one attached hydrogen (secondary N) is 1. The zero-order valence-corrected chi connectivity index (χ0v) is 7.99. The van der Waals surface area contributed by atoms with Crippen molar-refractivity contribution in [3.63, 3.8) is 0 Å². The van der Waals surface area contributed by atoms with E-state index in [1.54, 1.807) is 6.33 Å². The van der Waals surface area contributed by atoms with Crippen LogP contribution in [0.5, 0.6) is 0 Å². The van der Waals surface area contributed by atoms with E-state index in [0.29, 0.717) is 0 Å². The molecule has 0 saturated carbocycles. The van der Waals surface area contributed by atoms with Gasteiger partial charge in [0.15, 0.2) is 0 Å². The van der Waals surface area contributed by atoms with E-state index in [9.17, 15) is 0 Å². The van der Waals surface area contributed by atoms with Crippen LogP contribution in [0.1, 0.15) is 0 Å². The molecule has 0 aliphatic heterocycles. The largest absolute Gasteiger partial charge is 0.346 e. The molecule has 0 radical (unpaired) electrons. The van der Waals surface area contributed by atoms with Crippen molar-refractivity contribution in [1.82, 2.24) is 9.97 Å². The summed E-state index contributed by atoms with van der Waals surface area (Å²) >= 11 is 0. The number of hydrogen-bond acceptors (Lipinski definition) is 1. The highest BCUT2D eigenvalue weighted by molar-refractivity contribution is 6.22. The number of aromatic amines is 1. The van der Waals surface area contributed by atoms with E-state index in [1.165, 1.54) is 21.5 Å². The minimum atomic E-state index is 1.06. The van der Waals surface area contributed by atoms with Crippen LogP contribution in [0.4, 0.5) is 0 Å². The lowest BCUT2D eigenvalue weighted by Crippen LogP contribution is -1.85. The Kier molecular flexibility index (Phi) is 1.10. The number of rotatable bonds is 0. The van der Waals surface area contributed by atoms with Gasteiger partial charge in [0.1, 0.15) is 0 Å². The number of benzene rings is 2. The van der Waals surface area contributed by atoms with Gasteiger partial charge < -0.3 is 4.98 Å². The molecule has 0 saturated heterocycles. The van der Waals surface area contributed by atoms with E-state index >= 15 is 0 Å². The number of aromatic nitrogens is 2. The van der Waals surface area contributed by atoms with Crippen molar-refractivity contribution < 1.29 is 0 Å². The molecule has 0 atom stereocenters. The second kappa shape index (κ2) is 2.28. The van der Waals surface area contributed by atoms with Crippen molar-refractivity contribution in [3.8, 4) is 0 Å². The molecule has 2 nitrogen and oxygen atoms in total. The predicted molar refractivity (Wildman–Crippen MR) is 62.3 cm³/mol. The molecule has 0 spiro atoms. The first-order valence-electron chi connectivity index (χ1n) is 5.00. The van der Waals surface area contributed by atoms with E-state index < -0.39 is 0 Å². The summed E-state index contributed by atoms with van der Waals surface area (Å²) < 4.78 is 0. The first-order valence-corrected chi connectivity index (χ1v) is 5.00. The number of H-pyrrole nitrogens is 1. The highest BCUT2D eigenvalue weighted by Gasteiger charge is 2.08. The van der Waals surface area contributed by atoms with E-state index in [2.05, 4.69) is 46.4 Å². The number of hydrogen-bond donors (Lipinski definition) is 1. The third-order valence-corrected chi connectivity index (χ3v) is 3.07. The summed E-state index contributed by atoms with van der Waals surface area (Å²) in [5, 5.41) is 5.17. The molecule has 4 aromatic rings. The van der Waals surface area contributed by atoms with Crippen LogP contribution in [0.25, 0.3) is 32.6 Å². The zero-order valence-electron chi connectivity index (χ0n) is 7.99. The predicted octanol–water partition coefficient (Wildman–Crippen LogP) is 3.31. The quantitative estimate of drug-likeness (QED) is 0.455. The highest BCUT2D eigenvalue weighted by Crippen LogP contribution is 2.33. The Hall–Kier alpha value is -2.09. The van der Waals surface area contributed by atoms with Crippen LogP contribution in [-0.2, 0) is 0 Å². The standard InChI is InChI=1S/C13H8N2/c1-2-9-4-6-11-13-10(14-7-15-11)5-3-8(1)12(9)13/h1-7H,(H,14,15). The van der Waals surface area contributed by atoms with Gasteiger partial charge in [0, 0.05) is 16.3 Å². The van der Waals surface area contributed by atoms with Gasteiger partial charge in [0.25, 0.3) is 0 Å². The summed E-state index contributed by atoms with van der Waals surface area (Å²) in [7, 11) is 0. The molecule has 0 fully saturated rings. The maximum absolute atomic E-state index is 4.36. The molecule has 15 heavy (non-hydrogen) atoms. The van der Waals surface area contributed by atoms with Gasteiger partial charge in [-0.05, 0) is 22.9 Å². The SMILES string of the molecule is c1nc2ccc3ccc4ccc([nH]1)c2c34. The molecular formula is C13H8N2. The van der Waals surface area contributed by atoms with Gasteiger partial charge in [-0.15, -0.1) is 0 Å². The second-order valence-corrected chi connectivity index (χ2v) is 3.86. The third-order valence-electron chi connectivity index (χ3n) is 3.07. The van der Waals surface area contributed by atoms with Crippen LogP contribution < -0.4 is 0 Å². The van der Waals surface area contributed by atoms with E-state index in [0.717, 1.165) is 11.0 Å². The van der Waals surface area contributed by atoms with E-state index in [-0.39, 0.29) is 0 Å². The molecule has 1 heterocycles. The minimum absolute atomic E-state index is 1.06. The molecule has 0 bridgehead atoms. The van der Waals surface area contributed by atoms with Gasteiger partial charge in [-0.2, -0.15) is 0 Å². The first-order chi connectivity index (χ1) is 7.43.